The molecule has 1 aromatic carbocycles. The van der Waals surface area contributed by atoms with Crippen LogP contribution in [0.2, 0.25) is 0 Å². The largest absolute Gasteiger partial charge is 0.311 e. The standard InChI is InChI=1S/C10H9F2NOS/c11-6-1-7(12)3-8(2-6)13-5-9(15)4-10(13)14/h1-3,9,15H,4-5H2. The van der Waals surface area contributed by atoms with Gasteiger partial charge in [-0.2, -0.15) is 12.6 Å². The molecule has 0 radical (unpaired) electrons. The number of thiol groups is 1. The second kappa shape index (κ2) is 3.81. The van der Waals surface area contributed by atoms with Gasteiger partial charge in [0.15, 0.2) is 0 Å². The van der Waals surface area contributed by atoms with E-state index in [1.165, 1.54) is 4.90 Å². The third kappa shape index (κ3) is 2.12. The van der Waals surface area contributed by atoms with Crippen molar-refractivity contribution < 1.29 is 13.6 Å². The van der Waals surface area contributed by atoms with Gasteiger partial charge >= 0.3 is 0 Å². The number of carbonyl (C=O) groups is 1. The molecule has 1 amide bonds. The van der Waals surface area contributed by atoms with Crippen molar-refractivity contribution in [3.63, 3.8) is 0 Å². The Morgan fingerprint density at radius 2 is 1.87 bits per heavy atom. The van der Waals surface area contributed by atoms with Gasteiger partial charge in [0.1, 0.15) is 11.6 Å². The van der Waals surface area contributed by atoms with Gasteiger partial charge in [-0.05, 0) is 12.1 Å². The molecule has 15 heavy (non-hydrogen) atoms. The minimum atomic E-state index is -0.680. The van der Waals surface area contributed by atoms with E-state index < -0.39 is 11.6 Å². The lowest BCUT2D eigenvalue weighted by atomic mass is 10.3. The fourth-order valence-corrected chi connectivity index (χ4v) is 1.95. The van der Waals surface area contributed by atoms with E-state index in [1.54, 1.807) is 0 Å². The van der Waals surface area contributed by atoms with Crippen LogP contribution < -0.4 is 4.90 Å². The van der Waals surface area contributed by atoms with Gasteiger partial charge in [0.05, 0.1) is 0 Å². The van der Waals surface area contributed by atoms with Gasteiger partial charge in [-0.3, -0.25) is 4.79 Å². The van der Waals surface area contributed by atoms with E-state index in [2.05, 4.69) is 12.6 Å². The molecule has 0 saturated carbocycles. The van der Waals surface area contributed by atoms with Gasteiger partial charge in [-0.1, -0.05) is 0 Å². The Bertz CT molecular complexity index is 390. The normalized spacial score (nSPS) is 21.1. The van der Waals surface area contributed by atoms with Crippen LogP contribution in [-0.4, -0.2) is 17.7 Å². The summed E-state index contributed by atoms with van der Waals surface area (Å²) in [5, 5.41) is -0.0659. The summed E-state index contributed by atoms with van der Waals surface area (Å²) in [6.07, 6.45) is 0.307. The van der Waals surface area contributed by atoms with E-state index in [4.69, 9.17) is 0 Å². The lowest BCUT2D eigenvalue weighted by Crippen LogP contribution is -2.24. The summed E-state index contributed by atoms with van der Waals surface area (Å²) >= 11 is 4.16. The Labute approximate surface area is 91.3 Å². The smallest absolute Gasteiger partial charge is 0.228 e. The van der Waals surface area contributed by atoms with Crippen LogP contribution >= 0.6 is 12.6 Å². The molecule has 1 aromatic rings. The second-order valence-electron chi connectivity index (χ2n) is 3.49. The van der Waals surface area contributed by atoms with Crippen LogP contribution in [0, 0.1) is 11.6 Å². The van der Waals surface area contributed by atoms with Crippen molar-refractivity contribution in [3.8, 4) is 0 Å². The molecule has 1 aliphatic rings. The molecule has 0 aliphatic carbocycles. The van der Waals surface area contributed by atoms with E-state index in [1.807, 2.05) is 0 Å². The zero-order valence-corrected chi connectivity index (χ0v) is 8.68. The number of amides is 1. The van der Waals surface area contributed by atoms with Gasteiger partial charge in [-0.25, -0.2) is 8.78 Å². The molecule has 1 saturated heterocycles. The Hall–Kier alpha value is -1.10. The average molecular weight is 229 g/mol. The third-order valence-corrected chi connectivity index (χ3v) is 2.61. The molecule has 2 rings (SSSR count). The Kier molecular flexibility index (Phi) is 2.65. The molecular weight excluding hydrogens is 220 g/mol. The first-order valence-electron chi connectivity index (χ1n) is 4.51. The predicted molar refractivity (Wildman–Crippen MR) is 56.1 cm³/mol. The first-order valence-corrected chi connectivity index (χ1v) is 5.02. The maximum atomic E-state index is 12.9. The van der Waals surface area contributed by atoms with Crippen LogP contribution in [0.1, 0.15) is 6.42 Å². The Morgan fingerprint density at radius 3 is 2.33 bits per heavy atom. The lowest BCUT2D eigenvalue weighted by molar-refractivity contribution is -0.117. The minimum Gasteiger partial charge on any atom is -0.311 e. The molecule has 1 unspecified atom stereocenters. The van der Waals surface area contributed by atoms with Gasteiger partial charge in [-0.15, -0.1) is 0 Å². The molecule has 1 atom stereocenters. The van der Waals surface area contributed by atoms with Crippen LogP contribution in [0.25, 0.3) is 0 Å². The van der Waals surface area contributed by atoms with Gasteiger partial charge in [0, 0.05) is 30.0 Å². The van der Waals surface area contributed by atoms with Gasteiger partial charge in [0.25, 0.3) is 0 Å². The van der Waals surface area contributed by atoms with E-state index in [0.717, 1.165) is 18.2 Å². The molecule has 1 aliphatic heterocycles. The second-order valence-corrected chi connectivity index (χ2v) is 4.22. The Morgan fingerprint density at radius 1 is 1.27 bits per heavy atom. The van der Waals surface area contributed by atoms with E-state index in [9.17, 15) is 13.6 Å². The van der Waals surface area contributed by atoms with E-state index >= 15 is 0 Å². The first-order chi connectivity index (χ1) is 7.06. The Balaban J connectivity index is 2.33. The van der Waals surface area contributed by atoms with Crippen LogP contribution in [0.15, 0.2) is 18.2 Å². The molecule has 0 bridgehead atoms. The van der Waals surface area contributed by atoms with Crippen LogP contribution in [0.4, 0.5) is 14.5 Å². The van der Waals surface area contributed by atoms with E-state index in [-0.39, 0.29) is 16.8 Å². The number of halogens is 2. The molecule has 0 aromatic heterocycles. The van der Waals surface area contributed by atoms with Crippen molar-refractivity contribution in [2.24, 2.45) is 0 Å². The summed E-state index contributed by atoms with van der Waals surface area (Å²) in [5.41, 5.74) is 0.258. The third-order valence-electron chi connectivity index (χ3n) is 2.26. The van der Waals surface area contributed by atoms with Crippen molar-refractivity contribution in [2.45, 2.75) is 11.7 Å². The van der Waals surface area contributed by atoms with Crippen molar-refractivity contribution >= 4 is 24.2 Å². The van der Waals surface area contributed by atoms with E-state index in [0.29, 0.717) is 13.0 Å². The summed E-state index contributed by atoms with van der Waals surface area (Å²) < 4.78 is 25.8. The highest BCUT2D eigenvalue weighted by atomic mass is 32.1. The highest BCUT2D eigenvalue weighted by Gasteiger charge is 2.28. The van der Waals surface area contributed by atoms with Crippen LogP contribution in [0.5, 0.6) is 0 Å². The quantitative estimate of drug-likeness (QED) is 0.730. The highest BCUT2D eigenvalue weighted by molar-refractivity contribution is 7.81. The van der Waals surface area contributed by atoms with Crippen molar-refractivity contribution in [3.05, 3.63) is 29.8 Å². The molecule has 1 fully saturated rings. The molecule has 2 nitrogen and oxygen atoms in total. The summed E-state index contributed by atoms with van der Waals surface area (Å²) in [6.45, 7) is 0.394. The van der Waals surface area contributed by atoms with Crippen molar-refractivity contribution in [2.75, 3.05) is 11.4 Å². The highest BCUT2D eigenvalue weighted by Crippen LogP contribution is 2.25. The summed E-state index contributed by atoms with van der Waals surface area (Å²) in [5.74, 6) is -1.51. The molecule has 1 heterocycles. The van der Waals surface area contributed by atoms with Gasteiger partial charge in [0.2, 0.25) is 5.91 Å². The number of anilines is 1. The van der Waals surface area contributed by atoms with Gasteiger partial charge < -0.3 is 4.90 Å². The van der Waals surface area contributed by atoms with Crippen LogP contribution in [0.3, 0.4) is 0 Å². The zero-order chi connectivity index (χ0) is 11.0. The molecule has 0 N–H and O–H groups in total. The predicted octanol–water partition coefficient (Wildman–Crippen LogP) is 2.00. The SMILES string of the molecule is O=C1CC(S)CN1c1cc(F)cc(F)c1. The maximum Gasteiger partial charge on any atom is 0.228 e. The monoisotopic (exact) mass is 229 g/mol. The number of nitrogens with zero attached hydrogens (tertiary/aromatic N) is 1. The van der Waals surface area contributed by atoms with Crippen molar-refractivity contribution in [1.29, 1.82) is 0 Å². The first kappa shape index (κ1) is 10.4. The average Bonchev–Trinajstić information content (AvgIpc) is 2.43. The van der Waals surface area contributed by atoms with Crippen LogP contribution in [-0.2, 0) is 4.79 Å². The number of rotatable bonds is 1. The topological polar surface area (TPSA) is 20.3 Å². The van der Waals surface area contributed by atoms with Crippen molar-refractivity contribution in [1.82, 2.24) is 0 Å². The zero-order valence-electron chi connectivity index (χ0n) is 7.78. The summed E-state index contributed by atoms with van der Waals surface area (Å²) in [6, 6.07) is 3.07. The maximum absolute atomic E-state index is 12.9. The molecule has 0 spiro atoms. The molecule has 5 heteroatoms. The number of hydrogen-bond acceptors (Lipinski definition) is 2. The molecular formula is C10H9F2NOS. The number of benzene rings is 1. The number of carbonyl (C=O) groups excluding carboxylic acids is 1. The lowest BCUT2D eigenvalue weighted by Gasteiger charge is -2.15. The number of hydrogen-bond donors (Lipinski definition) is 1. The fourth-order valence-electron chi connectivity index (χ4n) is 1.63. The summed E-state index contributed by atoms with van der Waals surface area (Å²) in [7, 11) is 0. The minimum absolute atomic E-state index is 0.0659. The summed E-state index contributed by atoms with van der Waals surface area (Å²) in [4.78, 5) is 12.8. The fraction of sp³-hybridized carbons (Fsp3) is 0.300. The molecule has 80 valence electrons.